The summed E-state index contributed by atoms with van der Waals surface area (Å²) in [6.45, 7) is 5.26. The fourth-order valence-electron chi connectivity index (χ4n) is 4.31. The second-order valence-electron chi connectivity index (χ2n) is 10.1. The van der Waals surface area contributed by atoms with Crippen molar-refractivity contribution in [2.45, 2.75) is 38.8 Å². The SMILES string of the molecule is CC(C)(C)OC(=O)NC(Cc1c[nH]c2ccccc12)C(=O)Nc1ccccc1-c1nc2ccccc2c(=O)o1. The molecule has 2 heterocycles. The van der Waals surface area contributed by atoms with Gasteiger partial charge in [0, 0.05) is 23.5 Å². The maximum Gasteiger partial charge on any atom is 0.408 e. The zero-order valence-electron chi connectivity index (χ0n) is 21.8. The van der Waals surface area contributed by atoms with Gasteiger partial charge in [0.2, 0.25) is 11.8 Å². The van der Waals surface area contributed by atoms with Crippen LogP contribution in [0.25, 0.3) is 33.3 Å². The molecule has 3 N–H and O–H groups in total. The third-order valence-electron chi connectivity index (χ3n) is 6.06. The number of alkyl carbamates (subject to hydrolysis) is 1. The van der Waals surface area contributed by atoms with Crippen LogP contribution < -0.4 is 16.3 Å². The number of carbonyl (C=O) groups is 2. The predicted molar refractivity (Wildman–Crippen MR) is 150 cm³/mol. The van der Waals surface area contributed by atoms with Gasteiger partial charge in [-0.1, -0.05) is 42.5 Å². The molecule has 5 aromatic rings. The summed E-state index contributed by atoms with van der Waals surface area (Å²) in [6.07, 6.45) is 1.32. The van der Waals surface area contributed by atoms with E-state index in [0.717, 1.165) is 16.5 Å². The van der Waals surface area contributed by atoms with Crippen LogP contribution in [-0.2, 0) is 16.0 Å². The van der Waals surface area contributed by atoms with Gasteiger partial charge in [0.05, 0.1) is 22.2 Å². The highest BCUT2D eigenvalue weighted by atomic mass is 16.6. The quantitative estimate of drug-likeness (QED) is 0.273. The van der Waals surface area contributed by atoms with E-state index >= 15 is 0 Å². The van der Waals surface area contributed by atoms with Crippen molar-refractivity contribution < 1.29 is 18.7 Å². The Labute approximate surface area is 224 Å². The number of para-hydroxylation sites is 3. The molecule has 3 aromatic carbocycles. The highest BCUT2D eigenvalue weighted by Crippen LogP contribution is 2.27. The first-order chi connectivity index (χ1) is 18.7. The van der Waals surface area contributed by atoms with Crippen LogP contribution in [0.5, 0.6) is 0 Å². The minimum absolute atomic E-state index is 0.0721. The molecule has 0 bridgehead atoms. The molecule has 5 rings (SSSR count). The number of carbonyl (C=O) groups excluding carboxylic acids is 2. The maximum atomic E-state index is 13.6. The number of rotatable bonds is 6. The van der Waals surface area contributed by atoms with Gasteiger partial charge in [-0.05, 0) is 56.7 Å². The normalized spacial score (nSPS) is 12.3. The fraction of sp³-hybridized carbons (Fsp3) is 0.200. The third-order valence-corrected chi connectivity index (χ3v) is 6.06. The molecule has 9 heteroatoms. The number of H-pyrrole nitrogens is 1. The molecule has 0 aliphatic rings. The molecule has 2 amide bonds. The van der Waals surface area contributed by atoms with E-state index in [1.807, 2.05) is 30.5 Å². The number of aromatic amines is 1. The van der Waals surface area contributed by atoms with Crippen molar-refractivity contribution in [3.8, 4) is 11.5 Å². The molecule has 1 unspecified atom stereocenters. The zero-order valence-corrected chi connectivity index (χ0v) is 21.8. The largest absolute Gasteiger partial charge is 0.444 e. The van der Waals surface area contributed by atoms with Gasteiger partial charge in [0.25, 0.3) is 0 Å². The Balaban J connectivity index is 1.46. The van der Waals surface area contributed by atoms with Gasteiger partial charge in [-0.2, -0.15) is 0 Å². The summed E-state index contributed by atoms with van der Waals surface area (Å²) in [5, 5.41) is 6.91. The summed E-state index contributed by atoms with van der Waals surface area (Å²) < 4.78 is 10.9. The second-order valence-corrected chi connectivity index (χ2v) is 10.1. The summed E-state index contributed by atoms with van der Waals surface area (Å²) in [4.78, 5) is 46.6. The highest BCUT2D eigenvalue weighted by Gasteiger charge is 2.27. The Morgan fingerprint density at radius 3 is 2.46 bits per heavy atom. The fourth-order valence-corrected chi connectivity index (χ4v) is 4.31. The van der Waals surface area contributed by atoms with Crippen molar-refractivity contribution >= 4 is 39.5 Å². The summed E-state index contributed by atoms with van der Waals surface area (Å²) in [6, 6.07) is 20.5. The molecular formula is C30H28N4O5. The molecule has 0 radical (unpaired) electrons. The van der Waals surface area contributed by atoms with Crippen LogP contribution in [0.3, 0.4) is 0 Å². The lowest BCUT2D eigenvalue weighted by Crippen LogP contribution is -2.47. The lowest BCUT2D eigenvalue weighted by Gasteiger charge is -2.23. The first-order valence-electron chi connectivity index (χ1n) is 12.5. The summed E-state index contributed by atoms with van der Waals surface area (Å²) >= 11 is 0. The number of hydrogen-bond acceptors (Lipinski definition) is 6. The van der Waals surface area contributed by atoms with E-state index in [1.165, 1.54) is 0 Å². The molecule has 0 aliphatic heterocycles. The maximum absolute atomic E-state index is 13.6. The van der Waals surface area contributed by atoms with Crippen molar-refractivity contribution in [3.05, 3.63) is 95.0 Å². The van der Waals surface area contributed by atoms with Crippen LogP contribution in [0.4, 0.5) is 10.5 Å². The number of aromatic nitrogens is 2. The molecule has 1 atom stereocenters. The van der Waals surface area contributed by atoms with Gasteiger partial charge in [0.1, 0.15) is 11.6 Å². The Morgan fingerprint density at radius 2 is 1.67 bits per heavy atom. The summed E-state index contributed by atoms with van der Waals surface area (Å²) in [5.41, 5.74) is 1.80. The molecule has 0 aliphatic carbocycles. The molecule has 0 fully saturated rings. The number of hydrogen-bond donors (Lipinski definition) is 3. The number of benzene rings is 3. The first kappa shape index (κ1) is 25.7. The van der Waals surface area contributed by atoms with E-state index in [2.05, 4.69) is 20.6 Å². The van der Waals surface area contributed by atoms with E-state index in [1.54, 1.807) is 69.3 Å². The number of anilines is 1. The van der Waals surface area contributed by atoms with Crippen LogP contribution in [0.15, 0.2) is 88.2 Å². The predicted octanol–water partition coefficient (Wildman–Crippen LogP) is 5.41. The van der Waals surface area contributed by atoms with E-state index in [-0.39, 0.29) is 12.3 Å². The number of nitrogens with zero attached hydrogens (tertiary/aromatic N) is 1. The average molecular weight is 525 g/mol. The van der Waals surface area contributed by atoms with Crippen LogP contribution in [0.1, 0.15) is 26.3 Å². The Morgan fingerprint density at radius 1 is 0.974 bits per heavy atom. The number of ether oxygens (including phenoxy) is 1. The van der Waals surface area contributed by atoms with E-state index < -0.39 is 29.3 Å². The molecule has 0 spiro atoms. The molecule has 0 saturated heterocycles. The van der Waals surface area contributed by atoms with Gasteiger partial charge in [-0.3, -0.25) is 4.79 Å². The van der Waals surface area contributed by atoms with Gasteiger partial charge < -0.3 is 24.8 Å². The molecule has 198 valence electrons. The van der Waals surface area contributed by atoms with Gasteiger partial charge in [-0.15, -0.1) is 0 Å². The van der Waals surface area contributed by atoms with Crippen LogP contribution in [-0.4, -0.2) is 33.6 Å². The smallest absolute Gasteiger partial charge is 0.408 e. The lowest BCUT2D eigenvalue weighted by atomic mass is 10.0. The average Bonchev–Trinajstić information content (AvgIpc) is 3.30. The Kier molecular flexibility index (Phi) is 6.89. The van der Waals surface area contributed by atoms with Crippen LogP contribution in [0.2, 0.25) is 0 Å². The second kappa shape index (κ2) is 10.4. The lowest BCUT2D eigenvalue weighted by molar-refractivity contribution is -0.118. The topological polar surface area (TPSA) is 126 Å². The molecular weight excluding hydrogens is 496 g/mol. The van der Waals surface area contributed by atoms with E-state index in [0.29, 0.717) is 22.2 Å². The van der Waals surface area contributed by atoms with Crippen LogP contribution in [0, 0.1) is 0 Å². The van der Waals surface area contributed by atoms with Crippen molar-refractivity contribution in [2.24, 2.45) is 0 Å². The standard InChI is InChI=1S/C30H28N4O5/c1-30(2,3)39-29(37)34-25(16-18-17-31-22-13-7-4-10-19(18)22)26(35)32-23-14-8-5-11-20(23)27-33-24-15-9-6-12-21(24)28(36)38-27/h4-15,17,25,31H,16H2,1-3H3,(H,32,35)(H,34,37). The number of fused-ring (bicyclic) bond motifs is 2. The van der Waals surface area contributed by atoms with Crippen molar-refractivity contribution in [3.63, 3.8) is 0 Å². The van der Waals surface area contributed by atoms with Gasteiger partial charge in [-0.25, -0.2) is 14.6 Å². The van der Waals surface area contributed by atoms with E-state index in [4.69, 9.17) is 9.15 Å². The minimum Gasteiger partial charge on any atom is -0.444 e. The Hall–Kier alpha value is -4.92. The van der Waals surface area contributed by atoms with Crippen molar-refractivity contribution in [1.29, 1.82) is 0 Å². The number of amides is 2. The summed E-state index contributed by atoms with van der Waals surface area (Å²) in [5.74, 6) is -0.399. The summed E-state index contributed by atoms with van der Waals surface area (Å²) in [7, 11) is 0. The van der Waals surface area contributed by atoms with Gasteiger partial charge in [0.15, 0.2) is 0 Å². The number of nitrogens with one attached hydrogen (secondary N) is 3. The first-order valence-corrected chi connectivity index (χ1v) is 12.5. The van der Waals surface area contributed by atoms with Gasteiger partial charge >= 0.3 is 11.7 Å². The Bertz CT molecular complexity index is 1730. The molecule has 39 heavy (non-hydrogen) atoms. The minimum atomic E-state index is -0.969. The third kappa shape index (κ3) is 5.82. The molecule has 2 aromatic heterocycles. The van der Waals surface area contributed by atoms with E-state index in [9.17, 15) is 14.4 Å². The molecule has 0 saturated carbocycles. The zero-order chi connectivity index (χ0) is 27.6. The highest BCUT2D eigenvalue weighted by molar-refractivity contribution is 6.00. The van der Waals surface area contributed by atoms with Crippen LogP contribution >= 0.6 is 0 Å². The molecule has 9 nitrogen and oxygen atoms in total. The van der Waals surface area contributed by atoms with Crippen molar-refractivity contribution in [1.82, 2.24) is 15.3 Å². The monoisotopic (exact) mass is 524 g/mol. The van der Waals surface area contributed by atoms with Crippen molar-refractivity contribution in [2.75, 3.05) is 5.32 Å².